The van der Waals surface area contributed by atoms with Gasteiger partial charge in [-0.3, -0.25) is 14.5 Å². The number of hydrogen-bond donors (Lipinski definition) is 0. The molecule has 0 bridgehead atoms. The van der Waals surface area contributed by atoms with E-state index >= 15 is 0 Å². The number of ether oxygens (including phenoxy) is 2. The van der Waals surface area contributed by atoms with E-state index in [2.05, 4.69) is 0 Å². The number of carbonyl (C=O) groups excluding carboxylic acids is 2. The lowest BCUT2D eigenvalue weighted by Crippen LogP contribution is -2.52. The van der Waals surface area contributed by atoms with Crippen LogP contribution in [0.25, 0.3) is 0 Å². The summed E-state index contributed by atoms with van der Waals surface area (Å²) in [5.74, 6) is -0.0234. The maximum atomic E-state index is 12.9. The predicted octanol–water partition coefficient (Wildman–Crippen LogP) is 2.09. The summed E-state index contributed by atoms with van der Waals surface area (Å²) in [5.41, 5.74) is 0.400. The van der Waals surface area contributed by atoms with Gasteiger partial charge < -0.3 is 9.47 Å². The van der Waals surface area contributed by atoms with Crippen molar-refractivity contribution in [3.05, 3.63) is 23.2 Å². The molecular formula is C17H21ClN2O4. The van der Waals surface area contributed by atoms with Crippen LogP contribution < -0.4 is 9.64 Å². The van der Waals surface area contributed by atoms with Crippen molar-refractivity contribution in [3.8, 4) is 5.75 Å². The van der Waals surface area contributed by atoms with Gasteiger partial charge in [0.25, 0.3) is 5.91 Å². The maximum Gasteiger partial charge on any atom is 0.251 e. The molecule has 2 aliphatic rings. The number of rotatable bonds is 3. The van der Waals surface area contributed by atoms with Crippen molar-refractivity contribution in [2.24, 2.45) is 0 Å². The summed E-state index contributed by atoms with van der Waals surface area (Å²) >= 11 is 6.04. The molecule has 0 unspecified atom stereocenters. The number of hydrogen-bond acceptors (Lipinski definition) is 5. The molecule has 6 nitrogen and oxygen atoms in total. The van der Waals surface area contributed by atoms with Gasteiger partial charge in [0, 0.05) is 18.1 Å². The Balaban J connectivity index is 1.88. The fourth-order valence-corrected chi connectivity index (χ4v) is 3.63. The van der Waals surface area contributed by atoms with Crippen LogP contribution in [0.4, 0.5) is 5.69 Å². The van der Waals surface area contributed by atoms with Gasteiger partial charge in [-0.05, 0) is 32.0 Å². The lowest BCUT2D eigenvalue weighted by atomic mass is 10.1. The molecular weight excluding hydrogens is 332 g/mol. The predicted molar refractivity (Wildman–Crippen MR) is 90.5 cm³/mol. The molecule has 2 heterocycles. The largest absolute Gasteiger partial charge is 0.495 e. The van der Waals surface area contributed by atoms with E-state index in [0.717, 1.165) is 0 Å². The summed E-state index contributed by atoms with van der Waals surface area (Å²) in [6, 6.07) is 4.45. The zero-order chi connectivity index (χ0) is 17.4. The number of nitrogens with zero attached hydrogens (tertiary/aromatic N) is 2. The first kappa shape index (κ1) is 17.2. The van der Waals surface area contributed by atoms with Crippen molar-refractivity contribution in [2.75, 3.05) is 25.1 Å². The van der Waals surface area contributed by atoms with E-state index < -0.39 is 6.04 Å². The molecule has 0 N–H and O–H groups in total. The second-order valence-corrected chi connectivity index (χ2v) is 6.75. The first-order chi connectivity index (χ1) is 11.4. The van der Waals surface area contributed by atoms with Gasteiger partial charge in [-0.2, -0.15) is 0 Å². The number of amides is 2. The minimum absolute atomic E-state index is 0.0337. The minimum Gasteiger partial charge on any atom is -0.495 e. The average molecular weight is 353 g/mol. The number of halogens is 1. The van der Waals surface area contributed by atoms with Gasteiger partial charge >= 0.3 is 0 Å². The van der Waals surface area contributed by atoms with Gasteiger partial charge in [0.05, 0.1) is 37.5 Å². The zero-order valence-electron chi connectivity index (χ0n) is 14.0. The monoisotopic (exact) mass is 352 g/mol. The number of morpholine rings is 1. The van der Waals surface area contributed by atoms with Crippen LogP contribution in [0.3, 0.4) is 0 Å². The molecule has 3 atom stereocenters. The summed E-state index contributed by atoms with van der Waals surface area (Å²) in [6.45, 7) is 5.21. The molecule has 0 aliphatic carbocycles. The Kier molecular flexibility index (Phi) is 4.80. The normalized spacial score (nSPS) is 28.5. The summed E-state index contributed by atoms with van der Waals surface area (Å²) in [6.07, 6.45) is 0.228. The van der Waals surface area contributed by atoms with Crippen LogP contribution in [0.15, 0.2) is 18.2 Å². The second kappa shape index (κ2) is 6.70. The molecule has 0 spiro atoms. The summed E-state index contributed by atoms with van der Waals surface area (Å²) in [5, 5.41) is 0.448. The Morgan fingerprint density at radius 2 is 1.88 bits per heavy atom. The van der Waals surface area contributed by atoms with E-state index in [9.17, 15) is 9.59 Å². The fourth-order valence-electron chi connectivity index (χ4n) is 3.46. The van der Waals surface area contributed by atoms with E-state index in [1.807, 2.05) is 18.7 Å². The first-order valence-corrected chi connectivity index (χ1v) is 8.38. The third-order valence-corrected chi connectivity index (χ3v) is 4.63. The molecule has 0 aromatic heterocycles. The molecule has 2 saturated heterocycles. The molecule has 2 aliphatic heterocycles. The highest BCUT2D eigenvalue weighted by molar-refractivity contribution is 6.31. The Labute approximate surface area is 146 Å². The molecule has 0 radical (unpaired) electrons. The number of benzene rings is 1. The van der Waals surface area contributed by atoms with Gasteiger partial charge in [0.2, 0.25) is 5.91 Å². The zero-order valence-corrected chi connectivity index (χ0v) is 14.7. The Hall–Kier alpha value is -1.63. The topological polar surface area (TPSA) is 59.1 Å². The maximum absolute atomic E-state index is 12.9. The molecule has 1 aromatic rings. The third-order valence-electron chi connectivity index (χ3n) is 4.39. The van der Waals surface area contributed by atoms with Gasteiger partial charge in [-0.25, -0.2) is 4.90 Å². The molecule has 130 valence electrons. The van der Waals surface area contributed by atoms with Gasteiger partial charge in [0.15, 0.2) is 0 Å². The molecule has 0 saturated carbocycles. The lowest BCUT2D eigenvalue weighted by molar-refractivity contribution is -0.127. The van der Waals surface area contributed by atoms with Crippen LogP contribution in [0.2, 0.25) is 5.02 Å². The Morgan fingerprint density at radius 3 is 2.50 bits per heavy atom. The number of imide groups is 1. The lowest BCUT2D eigenvalue weighted by Gasteiger charge is -2.37. The number of methoxy groups -OCH3 is 1. The van der Waals surface area contributed by atoms with Crippen molar-refractivity contribution < 1.29 is 19.1 Å². The van der Waals surface area contributed by atoms with Crippen LogP contribution in [0.5, 0.6) is 5.75 Å². The van der Waals surface area contributed by atoms with Crippen molar-refractivity contribution in [1.82, 2.24) is 4.90 Å². The molecule has 3 rings (SSSR count). The molecule has 7 heteroatoms. The third kappa shape index (κ3) is 3.14. The van der Waals surface area contributed by atoms with Crippen LogP contribution in [0.1, 0.15) is 20.3 Å². The highest BCUT2D eigenvalue weighted by Crippen LogP contribution is 2.35. The van der Waals surface area contributed by atoms with Crippen LogP contribution in [-0.4, -0.2) is 55.2 Å². The van der Waals surface area contributed by atoms with Crippen LogP contribution in [-0.2, 0) is 14.3 Å². The van der Waals surface area contributed by atoms with Crippen LogP contribution in [0, 0.1) is 0 Å². The molecule has 24 heavy (non-hydrogen) atoms. The Morgan fingerprint density at radius 1 is 1.21 bits per heavy atom. The SMILES string of the molecule is COc1ccc(Cl)cc1N1C(=O)C[C@H](N2C[C@H](C)O[C@@H](C)C2)C1=O. The smallest absolute Gasteiger partial charge is 0.251 e. The Bertz CT molecular complexity index is 656. The summed E-state index contributed by atoms with van der Waals surface area (Å²) in [7, 11) is 1.50. The average Bonchev–Trinajstić information content (AvgIpc) is 2.81. The molecule has 1 aromatic carbocycles. The van der Waals surface area contributed by atoms with Gasteiger partial charge in [-0.15, -0.1) is 0 Å². The summed E-state index contributed by atoms with van der Waals surface area (Å²) < 4.78 is 11.0. The van der Waals surface area contributed by atoms with E-state index in [0.29, 0.717) is 29.5 Å². The van der Waals surface area contributed by atoms with Crippen molar-refractivity contribution in [2.45, 2.75) is 38.5 Å². The van der Waals surface area contributed by atoms with Crippen molar-refractivity contribution in [3.63, 3.8) is 0 Å². The van der Waals surface area contributed by atoms with E-state index in [1.165, 1.54) is 12.0 Å². The van der Waals surface area contributed by atoms with Crippen molar-refractivity contribution >= 4 is 29.1 Å². The minimum atomic E-state index is -0.463. The molecule has 2 amide bonds. The first-order valence-electron chi connectivity index (χ1n) is 8.00. The highest BCUT2D eigenvalue weighted by Gasteiger charge is 2.45. The summed E-state index contributed by atoms with van der Waals surface area (Å²) in [4.78, 5) is 28.7. The quantitative estimate of drug-likeness (QED) is 0.780. The van der Waals surface area contributed by atoms with Crippen molar-refractivity contribution in [1.29, 1.82) is 0 Å². The number of anilines is 1. The standard InChI is InChI=1S/C17H21ClN2O4/c1-10-8-19(9-11(2)24-10)14-7-16(21)20(17(14)22)13-6-12(18)4-5-15(13)23-3/h4-6,10-11,14H,7-9H2,1-3H3/t10-,11-,14-/m0/s1. The van der Waals surface area contributed by atoms with E-state index in [-0.39, 0.29) is 30.4 Å². The van der Waals surface area contributed by atoms with E-state index in [4.69, 9.17) is 21.1 Å². The fraction of sp³-hybridized carbons (Fsp3) is 0.529. The van der Waals surface area contributed by atoms with Gasteiger partial charge in [-0.1, -0.05) is 11.6 Å². The highest BCUT2D eigenvalue weighted by atomic mass is 35.5. The van der Waals surface area contributed by atoms with E-state index in [1.54, 1.807) is 18.2 Å². The molecule has 2 fully saturated rings. The van der Waals surface area contributed by atoms with Crippen LogP contribution >= 0.6 is 11.6 Å². The van der Waals surface area contributed by atoms with Gasteiger partial charge in [0.1, 0.15) is 5.75 Å². The second-order valence-electron chi connectivity index (χ2n) is 6.31. The number of carbonyl (C=O) groups is 2.